The fourth-order valence-corrected chi connectivity index (χ4v) is 4.31. The van der Waals surface area contributed by atoms with E-state index in [9.17, 15) is 13.2 Å². The van der Waals surface area contributed by atoms with Crippen LogP contribution < -0.4 is 4.72 Å². The second kappa shape index (κ2) is 7.73. The number of rotatable bonds is 4. The molecule has 0 unspecified atom stereocenters. The molecular weight excluding hydrogens is 374 g/mol. The van der Waals surface area contributed by atoms with Crippen molar-refractivity contribution in [2.75, 3.05) is 13.1 Å². The minimum atomic E-state index is -3.55. The van der Waals surface area contributed by atoms with E-state index >= 15 is 0 Å². The highest BCUT2D eigenvalue weighted by molar-refractivity contribution is 7.89. The van der Waals surface area contributed by atoms with Gasteiger partial charge >= 0.3 is 0 Å². The Balaban J connectivity index is 1.59. The number of piperidine rings is 1. The fraction of sp³-hybridized carbons (Fsp3) is 0.333. The Morgan fingerprint density at radius 3 is 2.38 bits per heavy atom. The minimum Gasteiger partial charge on any atom is -0.338 e. The van der Waals surface area contributed by atoms with E-state index in [0.717, 1.165) is 5.56 Å². The van der Waals surface area contributed by atoms with E-state index in [1.165, 1.54) is 6.20 Å². The van der Waals surface area contributed by atoms with E-state index in [1.807, 2.05) is 6.92 Å². The van der Waals surface area contributed by atoms with Crippen LogP contribution in [0.4, 0.5) is 0 Å². The zero-order chi connectivity index (χ0) is 18.7. The molecule has 0 bridgehead atoms. The molecule has 1 saturated heterocycles. The Morgan fingerprint density at radius 1 is 1.15 bits per heavy atom. The summed E-state index contributed by atoms with van der Waals surface area (Å²) in [6.07, 6.45) is 2.59. The maximum atomic E-state index is 12.5. The van der Waals surface area contributed by atoms with Gasteiger partial charge in [-0.2, -0.15) is 0 Å². The van der Waals surface area contributed by atoms with Crippen LogP contribution in [0.3, 0.4) is 0 Å². The molecule has 6 nitrogen and oxygen atoms in total. The van der Waals surface area contributed by atoms with Crippen molar-refractivity contribution in [3.8, 4) is 0 Å². The van der Waals surface area contributed by atoms with Crippen molar-refractivity contribution in [2.24, 2.45) is 0 Å². The van der Waals surface area contributed by atoms with E-state index in [-0.39, 0.29) is 16.8 Å². The maximum Gasteiger partial charge on any atom is 0.255 e. The molecule has 1 amide bonds. The smallest absolute Gasteiger partial charge is 0.255 e. The van der Waals surface area contributed by atoms with Gasteiger partial charge in [0.05, 0.1) is 10.5 Å². The number of carbonyl (C=O) groups excluding carboxylic acids is 1. The highest BCUT2D eigenvalue weighted by Gasteiger charge is 2.27. The molecule has 1 aromatic carbocycles. The molecule has 0 atom stereocenters. The Kier molecular flexibility index (Phi) is 5.60. The lowest BCUT2D eigenvalue weighted by molar-refractivity contribution is 0.0711. The van der Waals surface area contributed by atoms with Gasteiger partial charge in [0.1, 0.15) is 5.15 Å². The summed E-state index contributed by atoms with van der Waals surface area (Å²) < 4.78 is 27.7. The van der Waals surface area contributed by atoms with Crippen molar-refractivity contribution in [3.63, 3.8) is 0 Å². The number of amides is 1. The Labute approximate surface area is 158 Å². The van der Waals surface area contributed by atoms with Crippen LogP contribution in [0.5, 0.6) is 0 Å². The average molecular weight is 394 g/mol. The van der Waals surface area contributed by atoms with Crippen LogP contribution in [0.2, 0.25) is 5.15 Å². The number of likely N-dealkylation sites (tertiary alicyclic amines) is 1. The molecule has 1 aromatic heterocycles. The molecule has 0 spiro atoms. The summed E-state index contributed by atoms with van der Waals surface area (Å²) in [6.45, 7) is 2.89. The van der Waals surface area contributed by atoms with E-state index in [1.54, 1.807) is 41.3 Å². The molecule has 8 heteroatoms. The Hall–Kier alpha value is -1.96. The van der Waals surface area contributed by atoms with Gasteiger partial charge in [0.15, 0.2) is 0 Å². The summed E-state index contributed by atoms with van der Waals surface area (Å²) in [4.78, 5) is 18.4. The fourth-order valence-electron chi connectivity index (χ4n) is 2.89. The molecule has 1 aliphatic heterocycles. The zero-order valence-electron chi connectivity index (χ0n) is 14.4. The number of nitrogens with one attached hydrogen (secondary N) is 1. The van der Waals surface area contributed by atoms with Gasteiger partial charge in [-0.05, 0) is 44.0 Å². The first kappa shape index (κ1) is 18.8. The maximum absolute atomic E-state index is 12.5. The summed E-state index contributed by atoms with van der Waals surface area (Å²) in [5, 5.41) is 0.339. The highest BCUT2D eigenvalue weighted by Crippen LogP contribution is 2.17. The molecule has 2 aromatic rings. The van der Waals surface area contributed by atoms with Gasteiger partial charge < -0.3 is 4.90 Å². The second-order valence-corrected chi connectivity index (χ2v) is 8.47. The summed E-state index contributed by atoms with van der Waals surface area (Å²) in [5.41, 5.74) is 1.49. The summed E-state index contributed by atoms with van der Waals surface area (Å²) >= 11 is 5.74. The predicted molar refractivity (Wildman–Crippen MR) is 99.7 cm³/mol. The standard InChI is InChI=1S/C18H20ClN3O3S/c1-13-2-5-16(6-3-13)26(24,25)21-15-8-10-22(11-9-15)18(23)14-4-7-17(19)20-12-14/h2-7,12,15,21H,8-11H2,1H3. The average Bonchev–Trinajstić information content (AvgIpc) is 2.62. The number of aryl methyl sites for hydroxylation is 1. The van der Waals surface area contributed by atoms with Crippen molar-refractivity contribution in [1.29, 1.82) is 0 Å². The molecule has 138 valence electrons. The topological polar surface area (TPSA) is 79.4 Å². The van der Waals surface area contributed by atoms with Gasteiger partial charge in [-0.3, -0.25) is 4.79 Å². The first-order valence-electron chi connectivity index (χ1n) is 8.35. The Morgan fingerprint density at radius 2 is 1.81 bits per heavy atom. The predicted octanol–water partition coefficient (Wildman–Crippen LogP) is 2.63. The lowest BCUT2D eigenvalue weighted by Crippen LogP contribution is -2.46. The SMILES string of the molecule is Cc1ccc(S(=O)(=O)NC2CCN(C(=O)c3ccc(Cl)nc3)CC2)cc1. The van der Waals surface area contributed by atoms with Crippen LogP contribution in [-0.4, -0.2) is 43.3 Å². The van der Waals surface area contributed by atoms with Crippen LogP contribution in [0, 0.1) is 6.92 Å². The number of halogens is 1. The van der Waals surface area contributed by atoms with Crippen molar-refractivity contribution in [1.82, 2.24) is 14.6 Å². The van der Waals surface area contributed by atoms with Gasteiger partial charge in [0.2, 0.25) is 10.0 Å². The summed E-state index contributed by atoms with van der Waals surface area (Å²) in [7, 11) is -3.55. The van der Waals surface area contributed by atoms with Gasteiger partial charge in [-0.25, -0.2) is 18.1 Å². The van der Waals surface area contributed by atoms with E-state index in [4.69, 9.17) is 11.6 Å². The van der Waals surface area contributed by atoms with Gasteiger partial charge in [0.25, 0.3) is 5.91 Å². The van der Waals surface area contributed by atoms with E-state index < -0.39 is 10.0 Å². The van der Waals surface area contributed by atoms with E-state index in [0.29, 0.717) is 36.6 Å². The van der Waals surface area contributed by atoms with Crippen molar-refractivity contribution < 1.29 is 13.2 Å². The van der Waals surface area contributed by atoms with Crippen LogP contribution in [0.1, 0.15) is 28.8 Å². The monoisotopic (exact) mass is 393 g/mol. The number of aromatic nitrogens is 1. The molecule has 26 heavy (non-hydrogen) atoms. The highest BCUT2D eigenvalue weighted by atomic mass is 35.5. The number of nitrogens with zero attached hydrogens (tertiary/aromatic N) is 2. The van der Waals surface area contributed by atoms with Crippen LogP contribution in [0.15, 0.2) is 47.5 Å². The second-order valence-electron chi connectivity index (χ2n) is 6.37. The first-order valence-corrected chi connectivity index (χ1v) is 10.2. The zero-order valence-corrected chi connectivity index (χ0v) is 15.9. The molecule has 3 rings (SSSR count). The summed E-state index contributed by atoms with van der Waals surface area (Å²) in [5.74, 6) is -0.117. The summed E-state index contributed by atoms with van der Waals surface area (Å²) in [6, 6.07) is 9.79. The first-order chi connectivity index (χ1) is 12.3. The molecule has 1 aliphatic rings. The van der Waals surface area contributed by atoms with Crippen molar-refractivity contribution in [3.05, 3.63) is 58.9 Å². The van der Waals surface area contributed by atoms with Crippen LogP contribution in [0.25, 0.3) is 0 Å². The molecule has 0 aliphatic carbocycles. The Bertz CT molecular complexity index is 875. The number of hydrogen-bond acceptors (Lipinski definition) is 4. The molecule has 1 N–H and O–H groups in total. The molecule has 1 fully saturated rings. The quantitative estimate of drug-likeness (QED) is 0.810. The lowest BCUT2D eigenvalue weighted by atomic mass is 10.1. The van der Waals surface area contributed by atoms with Gasteiger partial charge in [0, 0.05) is 25.3 Å². The number of pyridine rings is 1. The largest absolute Gasteiger partial charge is 0.338 e. The number of carbonyl (C=O) groups is 1. The van der Waals surface area contributed by atoms with Crippen LogP contribution >= 0.6 is 11.6 Å². The van der Waals surface area contributed by atoms with E-state index in [2.05, 4.69) is 9.71 Å². The van der Waals surface area contributed by atoms with Crippen molar-refractivity contribution in [2.45, 2.75) is 30.7 Å². The third-order valence-corrected chi connectivity index (χ3v) is 6.17. The van der Waals surface area contributed by atoms with Crippen LogP contribution in [-0.2, 0) is 10.0 Å². The number of hydrogen-bond donors (Lipinski definition) is 1. The van der Waals surface area contributed by atoms with Gasteiger partial charge in [-0.15, -0.1) is 0 Å². The third kappa shape index (κ3) is 4.41. The van der Waals surface area contributed by atoms with Gasteiger partial charge in [-0.1, -0.05) is 29.3 Å². The molecule has 0 radical (unpaired) electrons. The number of sulfonamides is 1. The normalized spacial score (nSPS) is 15.8. The van der Waals surface area contributed by atoms with Crippen molar-refractivity contribution >= 4 is 27.5 Å². The number of benzene rings is 1. The molecule has 0 saturated carbocycles. The third-order valence-electron chi connectivity index (χ3n) is 4.41. The molecular formula is C18H20ClN3O3S. The minimum absolute atomic E-state index is 0.117. The molecule has 2 heterocycles. The lowest BCUT2D eigenvalue weighted by Gasteiger charge is -2.32.